The fourth-order valence-corrected chi connectivity index (χ4v) is 13.0. The van der Waals surface area contributed by atoms with Gasteiger partial charge in [0, 0.05) is 125 Å². The van der Waals surface area contributed by atoms with Crippen LogP contribution in [-0.2, 0) is 114 Å². The summed E-state index contributed by atoms with van der Waals surface area (Å²) in [6, 6.07) is 3.07. The van der Waals surface area contributed by atoms with E-state index in [0.29, 0.717) is 62.9 Å². The molecular formula is C80H133N11O35. The Hall–Kier alpha value is -7.86. The first-order valence-corrected chi connectivity index (χ1v) is 42.7. The van der Waals surface area contributed by atoms with Crippen LogP contribution in [0.5, 0.6) is 0 Å². The number of aliphatic hydroxyl groups is 9. The zero-order valence-electron chi connectivity index (χ0n) is 72.0. The fraction of sp³-hybridized carbons (Fsp3) is 0.775. The summed E-state index contributed by atoms with van der Waals surface area (Å²) >= 11 is 0. The third kappa shape index (κ3) is 41.7. The maximum absolute atomic E-state index is 13.9. The van der Waals surface area contributed by atoms with Gasteiger partial charge in [-0.05, 0) is 69.9 Å². The highest BCUT2D eigenvalue weighted by Gasteiger charge is 2.48. The van der Waals surface area contributed by atoms with Crippen LogP contribution in [0.2, 0.25) is 0 Å². The summed E-state index contributed by atoms with van der Waals surface area (Å²) in [5, 5.41) is 119. The number of hydroxylamine groups is 2. The Balaban J connectivity index is 1.09. The van der Waals surface area contributed by atoms with Gasteiger partial charge in [-0.1, -0.05) is 12.1 Å². The van der Waals surface area contributed by atoms with Gasteiger partial charge in [-0.25, -0.2) is 0 Å². The molecule has 0 aromatic heterocycles. The van der Waals surface area contributed by atoms with Gasteiger partial charge >= 0.3 is 0 Å². The molecule has 0 radical (unpaired) electrons. The minimum Gasteiger partial charge on any atom is -0.394 e. The van der Waals surface area contributed by atoms with Gasteiger partial charge in [0.1, 0.15) is 78.6 Å². The normalized spacial score (nSPS) is 22.9. The molecule has 0 spiro atoms. The summed E-state index contributed by atoms with van der Waals surface area (Å²) in [6.45, 7) is 2.70. The highest BCUT2D eigenvalue weighted by molar-refractivity contribution is 6.20. The van der Waals surface area contributed by atoms with Crippen LogP contribution in [0.4, 0.5) is 0 Å². The number of hydrogen-bond acceptors (Lipinski definition) is 35. The number of rotatable bonds is 68. The molecule has 0 bridgehead atoms. The van der Waals surface area contributed by atoms with E-state index in [2.05, 4.69) is 53.2 Å². The maximum Gasteiger partial charge on any atom is 0.285 e. The predicted octanol–water partition coefficient (Wildman–Crippen LogP) is -6.99. The van der Waals surface area contributed by atoms with E-state index >= 15 is 0 Å². The van der Waals surface area contributed by atoms with Crippen LogP contribution < -0.4 is 53.2 Å². The number of carbonyl (C=O) groups is 12. The summed E-state index contributed by atoms with van der Waals surface area (Å²) in [5.41, 5.74) is -1.01. The molecule has 15 atom stereocenters. The van der Waals surface area contributed by atoms with Crippen LogP contribution in [0.1, 0.15) is 144 Å². The first-order valence-electron chi connectivity index (χ1n) is 42.7. The van der Waals surface area contributed by atoms with E-state index in [0.717, 1.165) is 0 Å². The number of aliphatic hydroxyl groups excluding tert-OH is 9. The molecular weight excluding hydrogens is 1670 g/mol. The molecule has 4 aliphatic rings. The molecule has 126 heavy (non-hydrogen) atoms. The van der Waals surface area contributed by atoms with Crippen LogP contribution in [0.25, 0.3) is 0 Å². The number of carbonyl (C=O) groups excluding carboxylic acids is 12. The lowest BCUT2D eigenvalue weighted by Crippen LogP contribution is -2.64. The van der Waals surface area contributed by atoms with E-state index in [-0.39, 0.29) is 232 Å². The molecule has 0 aliphatic carbocycles. The average Bonchev–Trinajstić information content (AvgIpc) is 1.68. The van der Waals surface area contributed by atoms with Crippen molar-refractivity contribution in [3.8, 4) is 0 Å². The Morgan fingerprint density at radius 3 is 0.905 bits per heavy atom. The predicted molar refractivity (Wildman–Crippen MR) is 435 cm³/mol. The Labute approximate surface area is 730 Å². The Bertz CT molecular complexity index is 3140. The topological polar surface area (TPSA) is 640 Å². The molecule has 3 fully saturated rings. The molecule has 46 nitrogen and oxygen atoms in total. The average molecular weight is 1810 g/mol. The number of benzene rings is 1. The van der Waals surface area contributed by atoms with Gasteiger partial charge in [0.15, 0.2) is 18.9 Å². The molecule has 1 unspecified atom stereocenters. The summed E-state index contributed by atoms with van der Waals surface area (Å²) in [4.78, 5) is 157. The SMILES string of the molecule is CC(=O)N[C@H]1[C@H](OCCCCC(=O)NCCCNC(=O)CCOCC(COCCC(=O)NCCCNC(=O)CCCCOC2O[C@H](CO)[C@H](O)[C@H](O)[C@H]2NC(C)=O)(COCCC(=O)NCCCNC(=O)CCCCO[C@@H]2O[C@H](CO)[C@H](O)[C@H](O)[C@H]2NC(C)=O)NC(=O)CCOCCOCCOCCOCCON2C(=O)c3ccccc3C2=O)O[C@H](CO)[C@H](O)[C@@H]1O. The first-order chi connectivity index (χ1) is 60.6. The molecule has 4 heterocycles. The second-order valence-electron chi connectivity index (χ2n) is 30.2. The molecule has 1 aromatic rings. The minimum absolute atomic E-state index is 0.0506. The Morgan fingerprint density at radius 2 is 0.611 bits per heavy atom. The number of fused-ring (bicyclic) bond motifs is 1. The number of imide groups is 1. The Kier molecular flexibility index (Phi) is 53.8. The van der Waals surface area contributed by atoms with E-state index in [1.54, 1.807) is 24.3 Å². The second kappa shape index (κ2) is 62.4. The third-order valence-corrected chi connectivity index (χ3v) is 19.7. The molecule has 4 aliphatic heterocycles. The lowest BCUT2D eigenvalue weighted by Gasteiger charge is -2.42. The fourth-order valence-electron chi connectivity index (χ4n) is 13.0. The van der Waals surface area contributed by atoms with Crippen molar-refractivity contribution < 1.29 is 170 Å². The smallest absolute Gasteiger partial charge is 0.285 e. The van der Waals surface area contributed by atoms with Crippen molar-refractivity contribution in [2.24, 2.45) is 0 Å². The van der Waals surface area contributed by atoms with Crippen molar-refractivity contribution in [3.63, 3.8) is 0 Å². The molecule has 5 rings (SSSR count). The highest BCUT2D eigenvalue weighted by atomic mass is 16.7. The van der Waals surface area contributed by atoms with E-state index in [1.165, 1.54) is 20.8 Å². The van der Waals surface area contributed by atoms with Gasteiger partial charge in [0.05, 0.1) is 130 Å². The number of amides is 12. The molecule has 46 heteroatoms. The van der Waals surface area contributed by atoms with Crippen molar-refractivity contribution >= 4 is 70.9 Å². The van der Waals surface area contributed by atoms with E-state index in [1.807, 2.05) is 0 Å². The number of nitrogens with zero attached hydrogens (tertiary/aromatic N) is 1. The van der Waals surface area contributed by atoms with Crippen molar-refractivity contribution in [1.82, 2.24) is 58.2 Å². The van der Waals surface area contributed by atoms with Crippen LogP contribution in [0, 0.1) is 0 Å². The molecule has 12 amide bonds. The van der Waals surface area contributed by atoms with Gasteiger partial charge in [-0.15, -0.1) is 5.06 Å². The quantitative estimate of drug-likeness (QED) is 0.0213. The standard InChI is InChI=1S/C80H133N11O35/c1-51(95)87-66-72(108)69(105)56(45-92)124-77(66)120-30-9-6-17-59(98)81-24-12-27-84-62(101)20-34-117-48-80(90-65(104)23-33-113-37-38-114-39-40-115-41-42-116-43-44-123-91-75(111)54-15-4-5-16-55(54)76(91)112,49-118-35-21-63(102)85-28-13-25-82-60(99)18-7-10-31-121-78-67(88-52(2)96)73(109)70(106)57(46-93)125-78)50-119-36-22-64(103)86-29-14-26-83-61(100)19-8-11-32-122-79-68(89-53(3)97)74(110)71(107)58(47-94)126-79/h4-5,15-16,56-58,66-74,77-79,92-94,105-110H,6-14,17-50H2,1-3H3,(H,81,98)(H,82,99)(H,83,100)(H,84,101)(H,85,102)(H,86,103)(H,87,95)(H,88,96)(H,89,97)(H,90,104)/t56-,57-,58-,66-,67-,68-,69+,70+,71+,72-,73-,74-,77-,78-,79?/m1/s1. The zero-order chi connectivity index (χ0) is 92.0. The van der Waals surface area contributed by atoms with Crippen molar-refractivity contribution in [1.29, 1.82) is 0 Å². The lowest BCUT2D eigenvalue weighted by molar-refractivity contribution is -0.270. The Morgan fingerprint density at radius 1 is 0.341 bits per heavy atom. The van der Waals surface area contributed by atoms with Crippen LogP contribution in [0.3, 0.4) is 0 Å². The molecule has 718 valence electrons. The summed E-state index contributed by atoms with van der Waals surface area (Å²) in [6.07, 6.45) is -12.7. The maximum atomic E-state index is 13.9. The lowest BCUT2D eigenvalue weighted by atomic mass is 9.97. The van der Waals surface area contributed by atoms with Crippen molar-refractivity contribution in [3.05, 3.63) is 35.4 Å². The highest BCUT2D eigenvalue weighted by Crippen LogP contribution is 2.27. The molecule has 1 aromatic carbocycles. The van der Waals surface area contributed by atoms with Gasteiger partial charge < -0.3 is 161 Å². The third-order valence-electron chi connectivity index (χ3n) is 19.7. The second-order valence-corrected chi connectivity index (χ2v) is 30.2. The largest absolute Gasteiger partial charge is 0.394 e. The van der Waals surface area contributed by atoms with Crippen LogP contribution in [-0.4, -0.2) is 397 Å². The zero-order valence-corrected chi connectivity index (χ0v) is 72.0. The van der Waals surface area contributed by atoms with Gasteiger partial charge in [0.25, 0.3) is 11.8 Å². The van der Waals surface area contributed by atoms with Gasteiger partial charge in [-0.2, -0.15) is 0 Å². The monoisotopic (exact) mass is 1810 g/mol. The number of ether oxygens (including phenoxy) is 13. The number of nitrogens with one attached hydrogen (secondary N) is 10. The first kappa shape index (κ1) is 109. The van der Waals surface area contributed by atoms with E-state index < -0.39 is 170 Å². The molecule has 3 saturated heterocycles. The van der Waals surface area contributed by atoms with Gasteiger partial charge in [-0.3, -0.25) is 62.4 Å². The minimum atomic E-state index is -1.53. The molecule has 19 N–H and O–H groups in total. The number of unbranched alkanes of at least 4 members (excludes halogenated alkanes) is 3. The summed E-state index contributed by atoms with van der Waals surface area (Å²) in [7, 11) is 0. The van der Waals surface area contributed by atoms with Crippen molar-refractivity contribution in [2.45, 2.75) is 221 Å². The van der Waals surface area contributed by atoms with Crippen molar-refractivity contribution in [2.75, 3.05) is 178 Å². The summed E-state index contributed by atoms with van der Waals surface area (Å²) in [5.74, 6) is -5.21. The van der Waals surface area contributed by atoms with Crippen LogP contribution in [0.15, 0.2) is 24.3 Å². The summed E-state index contributed by atoms with van der Waals surface area (Å²) < 4.78 is 74.4. The molecule has 0 saturated carbocycles. The van der Waals surface area contributed by atoms with E-state index in [4.69, 9.17) is 66.4 Å². The van der Waals surface area contributed by atoms with Gasteiger partial charge in [0.2, 0.25) is 59.1 Å². The van der Waals surface area contributed by atoms with E-state index in [9.17, 15) is 103 Å². The van der Waals surface area contributed by atoms with Crippen LogP contribution >= 0.6 is 0 Å². The number of hydrogen-bond donors (Lipinski definition) is 19.